The zero-order valence-electron chi connectivity index (χ0n) is 35.6. The van der Waals surface area contributed by atoms with Crippen molar-refractivity contribution in [2.24, 2.45) is 22.7 Å². The maximum absolute atomic E-state index is 15.1. The van der Waals surface area contributed by atoms with Gasteiger partial charge in [-0.1, -0.05) is 77.1 Å². The molecule has 2 unspecified atom stereocenters. The van der Waals surface area contributed by atoms with Crippen LogP contribution in [0.2, 0.25) is 0 Å². The second-order valence-corrected chi connectivity index (χ2v) is 18.4. The molecule has 1 saturated heterocycles. The second kappa shape index (κ2) is 17.1. The Morgan fingerprint density at radius 2 is 1.70 bits per heavy atom. The van der Waals surface area contributed by atoms with Crippen LogP contribution in [0.15, 0.2) is 78.3 Å². The van der Waals surface area contributed by atoms with Crippen molar-refractivity contribution in [1.29, 1.82) is 0 Å². The number of anilines is 1. The minimum Gasteiger partial charge on any atom is -0.496 e. The van der Waals surface area contributed by atoms with Crippen molar-refractivity contribution in [2.45, 2.75) is 84.2 Å². The number of esters is 1. The molecule has 2 bridgehead atoms. The van der Waals surface area contributed by atoms with Gasteiger partial charge < -0.3 is 38.9 Å². The Hall–Kier alpha value is -5.52. The van der Waals surface area contributed by atoms with Crippen LogP contribution in [-0.4, -0.2) is 78.9 Å². The molecule has 0 radical (unpaired) electrons. The Balaban J connectivity index is 1.23. The first kappa shape index (κ1) is 43.6. The van der Waals surface area contributed by atoms with Gasteiger partial charge in [0.15, 0.2) is 11.2 Å². The lowest BCUT2D eigenvalue weighted by molar-refractivity contribution is -0.199. The Morgan fingerprint density at radius 1 is 0.967 bits per heavy atom. The lowest BCUT2D eigenvalue weighted by Crippen LogP contribution is -2.71. The third-order valence-corrected chi connectivity index (χ3v) is 13.6. The summed E-state index contributed by atoms with van der Waals surface area (Å²) in [5, 5.41) is 10.3. The molecule has 17 heteroatoms. The summed E-state index contributed by atoms with van der Waals surface area (Å²) in [5.41, 5.74) is -1.89. The number of thiazole rings is 1. The number of carbonyl (C=O) groups is 4. The Morgan fingerprint density at radius 3 is 2.41 bits per heavy atom. The fraction of sp³-hybridized carbons (Fsp3) is 0.455. The molecule has 3 aliphatic carbocycles. The van der Waals surface area contributed by atoms with Crippen molar-refractivity contribution >= 4 is 47.5 Å². The molecule has 2 aromatic carbocycles. The third kappa shape index (κ3) is 8.55. The van der Waals surface area contributed by atoms with E-state index in [2.05, 4.69) is 46.7 Å². The van der Waals surface area contributed by atoms with Gasteiger partial charge in [0.25, 0.3) is 5.91 Å². The fourth-order valence-electron chi connectivity index (χ4n) is 8.83. The summed E-state index contributed by atoms with van der Waals surface area (Å²) in [6.45, 7) is 11.9. The molecular formula is C44H52BN5O10S. The lowest BCUT2D eigenvalue weighted by Gasteiger charge is -2.64. The number of nitrogens with zero attached hydrogens (tertiary/aromatic N) is 2. The number of nitrogens with one attached hydrogen (secondary N) is 3. The lowest BCUT2D eigenvalue weighted by atomic mass is 9.43. The number of pyridine rings is 1. The molecule has 8 rings (SSSR count). The van der Waals surface area contributed by atoms with E-state index in [1.807, 2.05) is 51.1 Å². The molecule has 322 valence electrons. The number of benzene rings is 2. The van der Waals surface area contributed by atoms with Gasteiger partial charge in [-0.25, -0.2) is 19.6 Å². The van der Waals surface area contributed by atoms with Gasteiger partial charge in [-0.05, 0) is 66.2 Å². The summed E-state index contributed by atoms with van der Waals surface area (Å²) >= 11 is 1.04. The average Bonchev–Trinajstić information content (AvgIpc) is 3.86. The van der Waals surface area contributed by atoms with Gasteiger partial charge in [0.1, 0.15) is 30.0 Å². The van der Waals surface area contributed by atoms with E-state index in [0.717, 1.165) is 29.7 Å². The van der Waals surface area contributed by atoms with Crippen molar-refractivity contribution in [3.8, 4) is 11.6 Å². The number of amides is 3. The van der Waals surface area contributed by atoms with E-state index >= 15 is 4.79 Å². The minimum atomic E-state index is -1.56. The van der Waals surface area contributed by atoms with E-state index in [0.29, 0.717) is 11.7 Å². The SMILES string of the molecule is COc1cc(C(=O)NC(C(=O)N[C@](COC(=O)c2ccccc2OC)(B2OC3C[C@H]4C[C@@H](C4(C)C)[C@]3(C)O2)C(C)(C)C)c2csc(NC(=O)OCc3ccccc3)n2)ccn1. The standard InChI is InChI=1S/C44H52BN5O10S/c1-41(2,3)44(25-58-38(53)29-16-12-13-17-31(29)55-7,45-59-33-22-28-21-32(42(28,4)5)43(33,6)60-45)50-37(52)35(48-36(51)27-18-19-46-34(20-27)56-8)30-24-61-39(47-30)49-40(54)57-23-26-14-10-9-11-15-26/h9-20,24,28,32-33,35H,21-23,25H2,1-8H3,(H,48,51)(H,50,52)(H,47,49,54)/t28-,32+,33?,35?,43+,44+/m1/s1. The Kier molecular flexibility index (Phi) is 12.2. The fourth-order valence-corrected chi connectivity index (χ4v) is 9.56. The molecule has 4 fully saturated rings. The topological polar surface area (TPSA) is 186 Å². The van der Waals surface area contributed by atoms with Gasteiger partial charge in [0.2, 0.25) is 11.8 Å². The molecule has 0 spiro atoms. The molecule has 3 N–H and O–H groups in total. The minimum absolute atomic E-state index is 0.0167. The summed E-state index contributed by atoms with van der Waals surface area (Å²) in [7, 11) is 1.79. The first-order valence-electron chi connectivity index (χ1n) is 20.2. The molecule has 4 aromatic rings. The summed E-state index contributed by atoms with van der Waals surface area (Å²) in [6.07, 6.45) is 2.12. The smallest absolute Gasteiger partial charge is 0.489 e. The Bertz CT molecular complexity index is 2270. The van der Waals surface area contributed by atoms with Crippen LogP contribution in [-0.2, 0) is 30.2 Å². The zero-order chi connectivity index (χ0) is 43.7. The van der Waals surface area contributed by atoms with Gasteiger partial charge in [-0.15, -0.1) is 11.3 Å². The van der Waals surface area contributed by atoms with Crippen LogP contribution in [0.4, 0.5) is 9.93 Å². The second-order valence-electron chi connectivity index (χ2n) is 17.5. The number of ether oxygens (including phenoxy) is 4. The first-order chi connectivity index (χ1) is 29.0. The van der Waals surface area contributed by atoms with E-state index in [-0.39, 0.29) is 58.5 Å². The molecule has 3 heterocycles. The van der Waals surface area contributed by atoms with Crippen LogP contribution in [0.25, 0.3) is 0 Å². The van der Waals surface area contributed by atoms with Crippen LogP contribution >= 0.6 is 11.3 Å². The largest absolute Gasteiger partial charge is 0.496 e. The highest BCUT2D eigenvalue weighted by molar-refractivity contribution is 7.13. The number of methoxy groups -OCH3 is 2. The highest BCUT2D eigenvalue weighted by Crippen LogP contribution is 2.66. The molecule has 2 aromatic heterocycles. The van der Waals surface area contributed by atoms with E-state index in [4.69, 9.17) is 28.3 Å². The zero-order valence-corrected chi connectivity index (χ0v) is 36.4. The number of carbonyl (C=O) groups excluding carboxylic acids is 4. The van der Waals surface area contributed by atoms with Gasteiger partial charge >= 0.3 is 19.2 Å². The highest BCUT2D eigenvalue weighted by Gasteiger charge is 2.72. The molecular weight excluding hydrogens is 801 g/mol. The summed E-state index contributed by atoms with van der Waals surface area (Å²) in [6, 6.07) is 17.4. The van der Waals surface area contributed by atoms with Crippen LogP contribution in [0, 0.1) is 22.7 Å². The number of rotatable bonds is 14. The molecule has 4 aliphatic rings. The quantitative estimate of drug-likeness (QED) is 0.0892. The van der Waals surface area contributed by atoms with Crippen molar-refractivity contribution in [1.82, 2.24) is 20.6 Å². The molecule has 6 atom stereocenters. The van der Waals surface area contributed by atoms with Crippen molar-refractivity contribution < 1.29 is 47.4 Å². The van der Waals surface area contributed by atoms with E-state index in [1.54, 1.807) is 29.6 Å². The summed E-state index contributed by atoms with van der Waals surface area (Å²) in [4.78, 5) is 64.4. The molecule has 3 saturated carbocycles. The van der Waals surface area contributed by atoms with Gasteiger partial charge in [-0.3, -0.25) is 14.9 Å². The number of hydrogen-bond acceptors (Lipinski definition) is 13. The summed E-state index contributed by atoms with van der Waals surface area (Å²) in [5.74, 6) is -0.896. The van der Waals surface area contributed by atoms with Crippen LogP contribution in [0.1, 0.15) is 92.4 Å². The van der Waals surface area contributed by atoms with Crippen molar-refractivity contribution in [3.63, 3.8) is 0 Å². The molecule has 3 amide bonds. The predicted molar refractivity (Wildman–Crippen MR) is 227 cm³/mol. The van der Waals surface area contributed by atoms with Crippen LogP contribution in [0.5, 0.6) is 11.6 Å². The van der Waals surface area contributed by atoms with E-state index < -0.39 is 53.5 Å². The van der Waals surface area contributed by atoms with Crippen molar-refractivity contribution in [2.75, 3.05) is 26.1 Å². The van der Waals surface area contributed by atoms with Crippen LogP contribution in [0.3, 0.4) is 0 Å². The number of aromatic nitrogens is 2. The van der Waals surface area contributed by atoms with Gasteiger partial charge in [-0.2, -0.15) is 0 Å². The molecule has 61 heavy (non-hydrogen) atoms. The number of para-hydroxylation sites is 1. The van der Waals surface area contributed by atoms with E-state index in [9.17, 15) is 14.4 Å². The first-order valence-corrected chi connectivity index (χ1v) is 21.1. The maximum Gasteiger partial charge on any atom is 0.489 e. The normalized spacial score (nSPS) is 22.6. The van der Waals surface area contributed by atoms with Crippen molar-refractivity contribution in [3.05, 3.63) is 101 Å². The molecule has 15 nitrogen and oxygen atoms in total. The number of hydrogen-bond donors (Lipinski definition) is 3. The average molecular weight is 854 g/mol. The monoisotopic (exact) mass is 853 g/mol. The maximum atomic E-state index is 15.1. The summed E-state index contributed by atoms with van der Waals surface area (Å²) < 4.78 is 36.1. The highest BCUT2D eigenvalue weighted by atomic mass is 32.1. The van der Waals surface area contributed by atoms with Gasteiger partial charge in [0, 0.05) is 23.2 Å². The Labute approximate surface area is 359 Å². The van der Waals surface area contributed by atoms with E-state index in [1.165, 1.54) is 32.5 Å². The molecule has 1 aliphatic heterocycles. The van der Waals surface area contributed by atoms with Gasteiger partial charge in [0.05, 0.1) is 31.6 Å². The third-order valence-electron chi connectivity index (χ3n) is 12.8. The predicted octanol–water partition coefficient (Wildman–Crippen LogP) is 6.80. The van der Waals surface area contributed by atoms with Crippen LogP contribution < -0.4 is 25.4 Å².